The van der Waals surface area contributed by atoms with Crippen molar-refractivity contribution < 1.29 is 4.79 Å². The molecule has 0 aliphatic heterocycles. The fraction of sp³-hybridized carbons (Fsp3) is 0.0952. The number of carbonyl (C=O) groups is 1. The number of rotatable bonds is 6. The highest BCUT2D eigenvalue weighted by molar-refractivity contribution is 7.09. The van der Waals surface area contributed by atoms with E-state index in [1.807, 2.05) is 66.2 Å². The second-order valence-electron chi connectivity index (χ2n) is 6.25. The molecule has 0 aliphatic rings. The maximum atomic E-state index is 12.3. The lowest BCUT2D eigenvalue weighted by atomic mass is 10.2. The van der Waals surface area contributed by atoms with Gasteiger partial charge in [0, 0.05) is 29.1 Å². The van der Waals surface area contributed by atoms with Crippen LogP contribution in [0.2, 0.25) is 5.02 Å². The number of aromatic nitrogens is 3. The van der Waals surface area contributed by atoms with E-state index < -0.39 is 0 Å². The summed E-state index contributed by atoms with van der Waals surface area (Å²) in [5, 5.41) is 10.8. The van der Waals surface area contributed by atoms with Crippen molar-refractivity contribution in [2.24, 2.45) is 0 Å². The average Bonchev–Trinajstić information content (AvgIpc) is 3.32. The van der Waals surface area contributed by atoms with Gasteiger partial charge in [-0.15, -0.1) is 11.3 Å². The van der Waals surface area contributed by atoms with Crippen molar-refractivity contribution in [2.75, 3.05) is 5.32 Å². The summed E-state index contributed by atoms with van der Waals surface area (Å²) in [4.78, 5) is 16.9. The van der Waals surface area contributed by atoms with Crippen LogP contribution in [0.1, 0.15) is 16.3 Å². The highest BCUT2D eigenvalue weighted by atomic mass is 35.5. The molecule has 4 rings (SSSR count). The molecule has 0 saturated carbocycles. The highest BCUT2D eigenvalue weighted by Gasteiger charge is 2.10. The van der Waals surface area contributed by atoms with Crippen LogP contribution in [0.25, 0.3) is 5.69 Å². The molecular weight excluding hydrogens is 392 g/mol. The third-order valence-electron chi connectivity index (χ3n) is 4.06. The summed E-state index contributed by atoms with van der Waals surface area (Å²) < 4.78 is 1.72. The van der Waals surface area contributed by atoms with Gasteiger partial charge in [0.1, 0.15) is 0 Å². The molecule has 7 heteroatoms. The molecule has 2 heterocycles. The van der Waals surface area contributed by atoms with Gasteiger partial charge in [0.25, 0.3) is 0 Å². The van der Waals surface area contributed by atoms with Gasteiger partial charge in [-0.05, 0) is 29.8 Å². The van der Waals surface area contributed by atoms with Crippen molar-refractivity contribution >= 4 is 34.7 Å². The number of carbonyl (C=O) groups excluding carboxylic acids is 1. The summed E-state index contributed by atoms with van der Waals surface area (Å²) in [6.07, 6.45) is 2.73. The summed E-state index contributed by atoms with van der Waals surface area (Å²) in [6.45, 7) is 0. The van der Waals surface area contributed by atoms with Gasteiger partial charge >= 0.3 is 0 Å². The Hall–Kier alpha value is -2.96. The third kappa shape index (κ3) is 4.65. The van der Waals surface area contributed by atoms with Crippen molar-refractivity contribution in [3.63, 3.8) is 0 Å². The molecule has 1 N–H and O–H groups in total. The third-order valence-corrected chi connectivity index (χ3v) is 5.20. The zero-order valence-electron chi connectivity index (χ0n) is 14.9. The monoisotopic (exact) mass is 408 g/mol. The molecule has 1 amide bonds. The van der Waals surface area contributed by atoms with E-state index in [-0.39, 0.29) is 12.3 Å². The molecule has 140 valence electrons. The minimum Gasteiger partial charge on any atom is -0.309 e. The molecule has 0 spiro atoms. The quantitative estimate of drug-likeness (QED) is 0.500. The molecule has 0 unspecified atom stereocenters. The Morgan fingerprint density at radius 2 is 1.96 bits per heavy atom. The number of benzene rings is 2. The Morgan fingerprint density at radius 1 is 1.11 bits per heavy atom. The lowest BCUT2D eigenvalue weighted by Crippen LogP contribution is -2.15. The van der Waals surface area contributed by atoms with Gasteiger partial charge in [-0.2, -0.15) is 5.10 Å². The summed E-state index contributed by atoms with van der Waals surface area (Å²) >= 11 is 7.57. The topological polar surface area (TPSA) is 59.8 Å². The number of thiazole rings is 1. The number of nitrogens with one attached hydrogen (secondary N) is 1. The molecule has 0 aliphatic carbocycles. The van der Waals surface area contributed by atoms with E-state index in [2.05, 4.69) is 15.4 Å². The molecule has 0 radical (unpaired) electrons. The van der Waals surface area contributed by atoms with Crippen LogP contribution >= 0.6 is 22.9 Å². The fourth-order valence-corrected chi connectivity index (χ4v) is 3.84. The van der Waals surface area contributed by atoms with Gasteiger partial charge in [-0.25, -0.2) is 9.67 Å². The molecule has 2 aromatic heterocycles. The standard InChI is InChI=1S/C21H17ClN4OS/c22-16-6-4-5-15(11-16)12-21-23-17(14-28-21)13-20(27)24-19-9-10-26(25-19)18-7-2-1-3-8-18/h1-11,14H,12-13H2,(H,24,25,27). The van der Waals surface area contributed by atoms with E-state index in [9.17, 15) is 4.79 Å². The van der Waals surface area contributed by atoms with Crippen LogP contribution in [-0.4, -0.2) is 20.7 Å². The summed E-state index contributed by atoms with van der Waals surface area (Å²) in [5.74, 6) is 0.376. The number of halogens is 1. The van der Waals surface area contributed by atoms with Gasteiger partial charge in [0.05, 0.1) is 22.8 Å². The first-order valence-electron chi connectivity index (χ1n) is 8.74. The first kappa shape index (κ1) is 18.4. The molecular formula is C21H17ClN4OS. The molecule has 0 fully saturated rings. The van der Waals surface area contributed by atoms with E-state index in [0.717, 1.165) is 22.0 Å². The number of hydrogen-bond acceptors (Lipinski definition) is 4. The lowest BCUT2D eigenvalue weighted by molar-refractivity contribution is -0.115. The summed E-state index contributed by atoms with van der Waals surface area (Å²) in [7, 11) is 0. The van der Waals surface area contributed by atoms with Crippen LogP contribution in [0.15, 0.2) is 72.2 Å². The highest BCUT2D eigenvalue weighted by Crippen LogP contribution is 2.18. The van der Waals surface area contributed by atoms with Crippen LogP contribution < -0.4 is 5.32 Å². The number of nitrogens with zero attached hydrogens (tertiary/aromatic N) is 3. The van der Waals surface area contributed by atoms with Crippen LogP contribution in [-0.2, 0) is 17.6 Å². The molecule has 4 aromatic rings. The van der Waals surface area contributed by atoms with Crippen molar-refractivity contribution in [1.82, 2.24) is 14.8 Å². The smallest absolute Gasteiger partial charge is 0.231 e. The van der Waals surface area contributed by atoms with Crippen molar-refractivity contribution in [3.8, 4) is 5.69 Å². The molecule has 0 atom stereocenters. The predicted octanol–water partition coefficient (Wildman–Crippen LogP) is 4.75. The zero-order valence-corrected chi connectivity index (χ0v) is 16.5. The summed E-state index contributed by atoms with van der Waals surface area (Å²) in [6, 6.07) is 19.2. The SMILES string of the molecule is O=C(Cc1csc(Cc2cccc(Cl)c2)n1)Nc1ccn(-c2ccccc2)n1. The van der Waals surface area contributed by atoms with E-state index in [4.69, 9.17) is 11.6 Å². The molecule has 0 bridgehead atoms. The first-order valence-corrected chi connectivity index (χ1v) is 10.0. The van der Waals surface area contributed by atoms with Crippen LogP contribution in [0, 0.1) is 0 Å². The Morgan fingerprint density at radius 3 is 2.79 bits per heavy atom. The maximum absolute atomic E-state index is 12.3. The van der Waals surface area contributed by atoms with Gasteiger partial charge in [0.2, 0.25) is 5.91 Å². The Kier molecular flexibility index (Phi) is 5.50. The van der Waals surface area contributed by atoms with E-state index in [0.29, 0.717) is 17.3 Å². The van der Waals surface area contributed by atoms with Crippen molar-refractivity contribution in [3.05, 3.63) is 93.5 Å². The number of hydrogen-bond donors (Lipinski definition) is 1. The predicted molar refractivity (Wildman–Crippen MR) is 112 cm³/mol. The Balaban J connectivity index is 1.36. The minimum absolute atomic E-state index is 0.141. The molecule has 28 heavy (non-hydrogen) atoms. The number of amides is 1. The number of anilines is 1. The maximum Gasteiger partial charge on any atom is 0.231 e. The van der Waals surface area contributed by atoms with E-state index in [1.54, 1.807) is 22.1 Å². The first-order chi connectivity index (χ1) is 13.7. The average molecular weight is 409 g/mol. The van der Waals surface area contributed by atoms with Gasteiger partial charge in [-0.1, -0.05) is 41.9 Å². The summed E-state index contributed by atoms with van der Waals surface area (Å²) in [5.41, 5.74) is 2.79. The van der Waals surface area contributed by atoms with Gasteiger partial charge in [0.15, 0.2) is 5.82 Å². The normalized spacial score (nSPS) is 10.8. The number of para-hydroxylation sites is 1. The second kappa shape index (κ2) is 8.37. The van der Waals surface area contributed by atoms with Crippen LogP contribution in [0.3, 0.4) is 0 Å². The molecule has 2 aromatic carbocycles. The minimum atomic E-state index is -0.141. The van der Waals surface area contributed by atoms with Crippen LogP contribution in [0.5, 0.6) is 0 Å². The molecule has 0 saturated heterocycles. The van der Waals surface area contributed by atoms with E-state index >= 15 is 0 Å². The fourth-order valence-electron chi connectivity index (χ4n) is 2.80. The van der Waals surface area contributed by atoms with Crippen molar-refractivity contribution in [1.29, 1.82) is 0 Å². The Bertz CT molecular complexity index is 1090. The van der Waals surface area contributed by atoms with Gasteiger partial charge in [-0.3, -0.25) is 4.79 Å². The van der Waals surface area contributed by atoms with Crippen molar-refractivity contribution in [2.45, 2.75) is 12.8 Å². The Labute approximate surface area is 171 Å². The largest absolute Gasteiger partial charge is 0.309 e. The second-order valence-corrected chi connectivity index (χ2v) is 7.62. The van der Waals surface area contributed by atoms with Crippen LogP contribution in [0.4, 0.5) is 5.82 Å². The van der Waals surface area contributed by atoms with Gasteiger partial charge < -0.3 is 5.32 Å². The zero-order chi connectivity index (χ0) is 19.3. The molecule has 5 nitrogen and oxygen atoms in total. The lowest BCUT2D eigenvalue weighted by Gasteiger charge is -2.02. The van der Waals surface area contributed by atoms with E-state index in [1.165, 1.54) is 0 Å².